The molecule has 0 spiro atoms. The number of nitrogens with zero attached hydrogens (tertiary/aromatic N) is 2. The lowest BCUT2D eigenvalue weighted by Gasteiger charge is -2.37. The minimum Gasteiger partial charge on any atom is -0.356 e. The molecular formula is C12H16F3N3. The van der Waals surface area contributed by atoms with Crippen LogP contribution in [0.5, 0.6) is 0 Å². The van der Waals surface area contributed by atoms with Crippen molar-refractivity contribution in [2.24, 2.45) is 5.73 Å². The molecule has 1 aromatic rings. The first kappa shape index (κ1) is 13.1. The van der Waals surface area contributed by atoms with E-state index < -0.39 is 11.7 Å². The second-order valence-corrected chi connectivity index (χ2v) is 5.04. The summed E-state index contributed by atoms with van der Waals surface area (Å²) in [6, 6.07) is 2.49. The second kappa shape index (κ2) is 4.42. The number of nitrogens with two attached hydrogens (primary N) is 1. The molecule has 1 saturated heterocycles. The van der Waals surface area contributed by atoms with Crippen LogP contribution in [-0.4, -0.2) is 23.6 Å². The lowest BCUT2D eigenvalue weighted by molar-refractivity contribution is -0.137. The molecule has 0 unspecified atom stereocenters. The van der Waals surface area contributed by atoms with Gasteiger partial charge >= 0.3 is 6.18 Å². The molecule has 0 aromatic carbocycles. The van der Waals surface area contributed by atoms with E-state index in [4.69, 9.17) is 5.73 Å². The van der Waals surface area contributed by atoms with Crippen LogP contribution in [0.3, 0.4) is 0 Å². The van der Waals surface area contributed by atoms with Crippen molar-refractivity contribution in [2.75, 3.05) is 18.0 Å². The van der Waals surface area contributed by atoms with Crippen LogP contribution in [0.4, 0.5) is 19.0 Å². The average Bonchev–Trinajstić information content (AvgIpc) is 2.28. The monoisotopic (exact) mass is 259 g/mol. The number of anilines is 1. The van der Waals surface area contributed by atoms with Crippen LogP contribution in [0.25, 0.3) is 0 Å². The van der Waals surface area contributed by atoms with Crippen molar-refractivity contribution in [3.8, 4) is 0 Å². The number of hydrogen-bond acceptors (Lipinski definition) is 3. The van der Waals surface area contributed by atoms with Crippen molar-refractivity contribution in [1.29, 1.82) is 0 Å². The quantitative estimate of drug-likeness (QED) is 0.842. The van der Waals surface area contributed by atoms with E-state index >= 15 is 0 Å². The molecule has 6 heteroatoms. The molecule has 1 aliphatic heterocycles. The van der Waals surface area contributed by atoms with Gasteiger partial charge in [-0.3, -0.25) is 0 Å². The molecule has 2 heterocycles. The first-order valence-electron chi connectivity index (χ1n) is 5.85. The predicted molar refractivity (Wildman–Crippen MR) is 63.3 cm³/mol. The highest BCUT2D eigenvalue weighted by atomic mass is 19.4. The first-order valence-corrected chi connectivity index (χ1v) is 5.85. The van der Waals surface area contributed by atoms with Gasteiger partial charge in [0.25, 0.3) is 0 Å². The summed E-state index contributed by atoms with van der Waals surface area (Å²) in [4.78, 5) is 5.85. The zero-order chi connectivity index (χ0) is 13.4. The Bertz CT molecular complexity index is 402. The predicted octanol–water partition coefficient (Wildman–Crippen LogP) is 2.42. The summed E-state index contributed by atoms with van der Waals surface area (Å²) in [5.74, 6) is 0.582. The smallest absolute Gasteiger partial charge is 0.356 e. The lowest BCUT2D eigenvalue weighted by atomic mass is 9.91. The van der Waals surface area contributed by atoms with Crippen molar-refractivity contribution in [3.63, 3.8) is 0 Å². The SMILES string of the molecule is CC1(N)CCN(c2ccc(C(F)(F)F)cn2)CC1. The minimum absolute atomic E-state index is 0.178. The number of aromatic nitrogens is 1. The van der Waals surface area contributed by atoms with Gasteiger partial charge in [-0.15, -0.1) is 0 Å². The molecule has 0 bridgehead atoms. The molecule has 1 fully saturated rings. The van der Waals surface area contributed by atoms with Crippen molar-refractivity contribution in [1.82, 2.24) is 4.98 Å². The van der Waals surface area contributed by atoms with Crippen molar-refractivity contribution >= 4 is 5.82 Å². The van der Waals surface area contributed by atoms with E-state index in [-0.39, 0.29) is 5.54 Å². The Kier molecular flexibility index (Phi) is 3.23. The summed E-state index contributed by atoms with van der Waals surface area (Å²) in [6.07, 6.45) is -1.82. The van der Waals surface area contributed by atoms with Gasteiger partial charge in [0.2, 0.25) is 0 Å². The molecule has 0 atom stereocenters. The van der Waals surface area contributed by atoms with E-state index in [0.29, 0.717) is 5.82 Å². The van der Waals surface area contributed by atoms with E-state index in [9.17, 15) is 13.2 Å². The molecule has 0 radical (unpaired) electrons. The third-order valence-electron chi connectivity index (χ3n) is 3.30. The van der Waals surface area contributed by atoms with Gasteiger partial charge in [-0.05, 0) is 31.9 Å². The highest BCUT2D eigenvalue weighted by molar-refractivity contribution is 5.40. The Hall–Kier alpha value is -1.30. The summed E-state index contributed by atoms with van der Waals surface area (Å²) >= 11 is 0. The summed E-state index contributed by atoms with van der Waals surface area (Å²) in [6.45, 7) is 3.45. The maximum absolute atomic E-state index is 12.4. The molecule has 3 nitrogen and oxygen atoms in total. The zero-order valence-electron chi connectivity index (χ0n) is 10.2. The van der Waals surface area contributed by atoms with Crippen LogP contribution >= 0.6 is 0 Å². The number of pyridine rings is 1. The fourth-order valence-corrected chi connectivity index (χ4v) is 1.99. The van der Waals surface area contributed by atoms with Gasteiger partial charge in [0, 0.05) is 24.8 Å². The summed E-state index contributed by atoms with van der Waals surface area (Å²) in [5.41, 5.74) is 5.11. The number of halogens is 3. The lowest BCUT2D eigenvalue weighted by Crippen LogP contribution is -2.48. The van der Waals surface area contributed by atoms with Gasteiger partial charge in [-0.2, -0.15) is 13.2 Å². The highest BCUT2D eigenvalue weighted by Gasteiger charge is 2.31. The van der Waals surface area contributed by atoms with E-state index in [0.717, 1.165) is 38.2 Å². The van der Waals surface area contributed by atoms with Gasteiger partial charge in [0.1, 0.15) is 5.82 Å². The molecule has 0 saturated carbocycles. The van der Waals surface area contributed by atoms with Gasteiger partial charge in [-0.1, -0.05) is 0 Å². The third-order valence-corrected chi connectivity index (χ3v) is 3.30. The van der Waals surface area contributed by atoms with Crippen molar-refractivity contribution < 1.29 is 13.2 Å². The zero-order valence-corrected chi connectivity index (χ0v) is 10.2. The van der Waals surface area contributed by atoms with Crippen LogP contribution in [0.15, 0.2) is 18.3 Å². The molecule has 2 N–H and O–H groups in total. The normalized spacial score (nSPS) is 19.9. The van der Waals surface area contributed by atoms with Gasteiger partial charge < -0.3 is 10.6 Å². The Morgan fingerprint density at radius 3 is 2.33 bits per heavy atom. The van der Waals surface area contributed by atoms with Crippen molar-refractivity contribution in [3.05, 3.63) is 23.9 Å². The minimum atomic E-state index is -4.33. The van der Waals surface area contributed by atoms with Crippen LogP contribution < -0.4 is 10.6 Å². The van der Waals surface area contributed by atoms with E-state index in [2.05, 4.69) is 4.98 Å². The van der Waals surface area contributed by atoms with Crippen molar-refractivity contribution in [2.45, 2.75) is 31.5 Å². The Balaban J connectivity index is 2.07. The fourth-order valence-electron chi connectivity index (χ4n) is 1.99. The van der Waals surface area contributed by atoms with Gasteiger partial charge in [0.15, 0.2) is 0 Å². The maximum Gasteiger partial charge on any atom is 0.417 e. The highest BCUT2D eigenvalue weighted by Crippen LogP contribution is 2.30. The molecule has 0 amide bonds. The van der Waals surface area contributed by atoms with Crippen LogP contribution in [-0.2, 0) is 6.18 Å². The van der Waals surface area contributed by atoms with E-state index in [1.165, 1.54) is 6.07 Å². The Morgan fingerprint density at radius 1 is 1.28 bits per heavy atom. The Morgan fingerprint density at radius 2 is 1.89 bits per heavy atom. The topological polar surface area (TPSA) is 42.1 Å². The number of piperidine rings is 1. The molecule has 2 rings (SSSR count). The molecule has 1 aliphatic rings. The summed E-state index contributed by atoms with van der Waals surface area (Å²) in [7, 11) is 0. The van der Waals surface area contributed by atoms with E-state index in [1.807, 2.05) is 11.8 Å². The van der Waals surface area contributed by atoms with Gasteiger partial charge in [0.05, 0.1) is 5.56 Å². The van der Waals surface area contributed by atoms with Crippen LogP contribution in [0, 0.1) is 0 Å². The first-order chi connectivity index (χ1) is 8.28. The molecular weight excluding hydrogens is 243 g/mol. The number of rotatable bonds is 1. The second-order valence-electron chi connectivity index (χ2n) is 5.04. The maximum atomic E-state index is 12.4. The van der Waals surface area contributed by atoms with Crippen LogP contribution in [0.2, 0.25) is 0 Å². The Labute approximate surface area is 104 Å². The van der Waals surface area contributed by atoms with Gasteiger partial charge in [-0.25, -0.2) is 4.98 Å². The molecule has 100 valence electrons. The summed E-state index contributed by atoms with van der Waals surface area (Å²) < 4.78 is 37.2. The molecule has 18 heavy (non-hydrogen) atoms. The number of hydrogen-bond donors (Lipinski definition) is 1. The largest absolute Gasteiger partial charge is 0.417 e. The standard InChI is InChI=1S/C12H16F3N3/c1-11(16)4-6-18(7-5-11)10-3-2-9(8-17-10)12(13,14)15/h2-3,8H,4-7,16H2,1H3. The third kappa shape index (κ3) is 2.93. The van der Waals surface area contributed by atoms with Crippen LogP contribution in [0.1, 0.15) is 25.3 Å². The number of alkyl halides is 3. The van der Waals surface area contributed by atoms with E-state index in [1.54, 1.807) is 0 Å². The average molecular weight is 259 g/mol. The molecule has 1 aromatic heterocycles. The molecule has 0 aliphatic carbocycles. The summed E-state index contributed by atoms with van der Waals surface area (Å²) in [5, 5.41) is 0. The fraction of sp³-hybridized carbons (Fsp3) is 0.583.